The number of nitrogens with zero attached hydrogens (tertiary/aromatic N) is 6. The zero-order chi connectivity index (χ0) is 22.6. The van der Waals surface area contributed by atoms with Crippen molar-refractivity contribution < 1.29 is 4.79 Å². The van der Waals surface area contributed by atoms with Crippen LogP contribution < -0.4 is 4.90 Å². The van der Waals surface area contributed by atoms with Gasteiger partial charge in [-0.2, -0.15) is 0 Å². The van der Waals surface area contributed by atoms with Crippen molar-refractivity contribution in [2.45, 2.75) is 51.5 Å². The summed E-state index contributed by atoms with van der Waals surface area (Å²) in [4.78, 5) is 36.2. The Hall–Kier alpha value is -3.35. The molecule has 0 bridgehead atoms. The van der Waals surface area contributed by atoms with E-state index in [1.807, 2.05) is 23.2 Å². The van der Waals surface area contributed by atoms with Gasteiger partial charge >= 0.3 is 0 Å². The lowest BCUT2D eigenvalue weighted by molar-refractivity contribution is 0.0599. The standard InChI is InChI=1S/C26H30N6O/c1-19-22-8-6-16-31(18-12-21-7-2-4-13-28-21)25(22)30-24(29-19)23-9-3-5-17-32(23)26(33)20-10-14-27-15-11-20/h2,4,7,10-11,13-15,23H,3,5-6,8-9,12,16-18H2,1H3. The predicted octanol–water partition coefficient (Wildman–Crippen LogP) is 3.94. The fourth-order valence-electron chi connectivity index (χ4n) is 4.97. The molecule has 33 heavy (non-hydrogen) atoms. The van der Waals surface area contributed by atoms with Gasteiger partial charge in [-0.05, 0) is 63.3 Å². The third kappa shape index (κ3) is 4.58. The molecule has 0 aliphatic carbocycles. The molecule has 0 radical (unpaired) electrons. The molecule has 3 aromatic rings. The summed E-state index contributed by atoms with van der Waals surface area (Å²) in [7, 11) is 0. The number of pyridine rings is 2. The van der Waals surface area contributed by atoms with Crippen molar-refractivity contribution in [1.82, 2.24) is 24.8 Å². The highest BCUT2D eigenvalue weighted by Gasteiger charge is 2.32. The summed E-state index contributed by atoms with van der Waals surface area (Å²) < 4.78 is 0. The van der Waals surface area contributed by atoms with Gasteiger partial charge in [0.1, 0.15) is 5.82 Å². The van der Waals surface area contributed by atoms with Gasteiger partial charge < -0.3 is 9.80 Å². The molecule has 1 amide bonds. The number of likely N-dealkylation sites (tertiary alicyclic amines) is 1. The van der Waals surface area contributed by atoms with Crippen LogP contribution in [0.2, 0.25) is 0 Å². The van der Waals surface area contributed by atoms with E-state index < -0.39 is 0 Å². The number of piperidine rings is 1. The van der Waals surface area contributed by atoms with E-state index in [-0.39, 0.29) is 11.9 Å². The van der Waals surface area contributed by atoms with Crippen molar-refractivity contribution in [3.63, 3.8) is 0 Å². The molecule has 1 fully saturated rings. The summed E-state index contributed by atoms with van der Waals surface area (Å²) in [6.07, 6.45) is 11.2. The van der Waals surface area contributed by atoms with Crippen LogP contribution in [0.15, 0.2) is 48.9 Å². The lowest BCUT2D eigenvalue weighted by Gasteiger charge is -2.36. The SMILES string of the molecule is Cc1nc(C2CCCCN2C(=O)c2ccncc2)nc2c1CCCN2CCc1ccccn1. The monoisotopic (exact) mass is 442 g/mol. The summed E-state index contributed by atoms with van der Waals surface area (Å²) in [5.74, 6) is 1.85. The average molecular weight is 443 g/mol. The number of rotatable bonds is 5. The van der Waals surface area contributed by atoms with Crippen LogP contribution in [-0.2, 0) is 12.8 Å². The molecule has 1 unspecified atom stereocenters. The van der Waals surface area contributed by atoms with E-state index in [0.29, 0.717) is 5.56 Å². The van der Waals surface area contributed by atoms with Crippen molar-refractivity contribution in [1.29, 1.82) is 0 Å². The predicted molar refractivity (Wildman–Crippen MR) is 127 cm³/mol. The Morgan fingerprint density at radius 1 is 1.03 bits per heavy atom. The molecular weight excluding hydrogens is 412 g/mol. The van der Waals surface area contributed by atoms with Crippen molar-refractivity contribution in [3.05, 3.63) is 77.3 Å². The van der Waals surface area contributed by atoms with Gasteiger partial charge in [0, 0.05) is 67.2 Å². The molecule has 0 saturated carbocycles. The van der Waals surface area contributed by atoms with Crippen molar-refractivity contribution >= 4 is 11.7 Å². The van der Waals surface area contributed by atoms with Crippen LogP contribution in [0, 0.1) is 6.92 Å². The van der Waals surface area contributed by atoms with Crippen molar-refractivity contribution in [2.75, 3.05) is 24.5 Å². The van der Waals surface area contributed by atoms with Crippen LogP contribution in [0.5, 0.6) is 0 Å². The molecule has 3 aromatic heterocycles. The molecule has 5 heterocycles. The maximum atomic E-state index is 13.3. The number of aromatic nitrogens is 4. The molecule has 170 valence electrons. The second kappa shape index (κ2) is 9.65. The largest absolute Gasteiger partial charge is 0.356 e. The molecular formula is C26H30N6O. The first-order valence-electron chi connectivity index (χ1n) is 11.9. The van der Waals surface area contributed by atoms with Crippen LogP contribution >= 0.6 is 0 Å². The van der Waals surface area contributed by atoms with E-state index >= 15 is 0 Å². The molecule has 2 aliphatic heterocycles. The van der Waals surface area contributed by atoms with Gasteiger partial charge in [0.15, 0.2) is 5.82 Å². The summed E-state index contributed by atoms with van der Waals surface area (Å²) in [6, 6.07) is 9.54. The first kappa shape index (κ1) is 21.5. The van der Waals surface area contributed by atoms with Gasteiger partial charge in [0.25, 0.3) is 5.91 Å². The Balaban J connectivity index is 1.43. The van der Waals surface area contributed by atoms with Gasteiger partial charge in [-0.25, -0.2) is 9.97 Å². The Morgan fingerprint density at radius 2 is 1.91 bits per heavy atom. The molecule has 1 atom stereocenters. The number of hydrogen-bond donors (Lipinski definition) is 0. The Labute approximate surface area is 194 Å². The van der Waals surface area contributed by atoms with Gasteiger partial charge in [0.05, 0.1) is 6.04 Å². The van der Waals surface area contributed by atoms with E-state index in [0.717, 1.165) is 81.2 Å². The highest BCUT2D eigenvalue weighted by atomic mass is 16.2. The van der Waals surface area contributed by atoms with Gasteiger partial charge in [0.2, 0.25) is 0 Å². The second-order valence-corrected chi connectivity index (χ2v) is 8.88. The molecule has 7 heteroatoms. The maximum absolute atomic E-state index is 13.3. The molecule has 1 saturated heterocycles. The number of carbonyl (C=O) groups excluding carboxylic acids is 1. The summed E-state index contributed by atoms with van der Waals surface area (Å²) >= 11 is 0. The number of anilines is 1. The topological polar surface area (TPSA) is 75.1 Å². The number of aryl methyl sites for hydroxylation is 1. The van der Waals surface area contributed by atoms with Crippen LogP contribution in [0.1, 0.15) is 64.9 Å². The van der Waals surface area contributed by atoms with Crippen LogP contribution in [0.3, 0.4) is 0 Å². The minimum Gasteiger partial charge on any atom is -0.356 e. The van der Waals surface area contributed by atoms with E-state index in [4.69, 9.17) is 9.97 Å². The van der Waals surface area contributed by atoms with Gasteiger partial charge in [-0.15, -0.1) is 0 Å². The minimum absolute atomic E-state index is 0.0353. The van der Waals surface area contributed by atoms with Crippen molar-refractivity contribution in [2.24, 2.45) is 0 Å². The number of amides is 1. The third-order valence-electron chi connectivity index (χ3n) is 6.72. The summed E-state index contributed by atoms with van der Waals surface area (Å²) in [5.41, 5.74) is 4.05. The zero-order valence-corrected chi connectivity index (χ0v) is 19.2. The van der Waals surface area contributed by atoms with Crippen LogP contribution in [-0.4, -0.2) is 50.4 Å². The molecule has 0 aromatic carbocycles. The lowest BCUT2D eigenvalue weighted by atomic mass is 9.98. The third-order valence-corrected chi connectivity index (χ3v) is 6.72. The van der Waals surface area contributed by atoms with Gasteiger partial charge in [-0.1, -0.05) is 6.07 Å². The maximum Gasteiger partial charge on any atom is 0.254 e. The average Bonchev–Trinajstić information content (AvgIpc) is 2.88. The normalized spacial score (nSPS) is 18.2. The Bertz CT molecular complexity index is 1100. The van der Waals surface area contributed by atoms with E-state index in [2.05, 4.69) is 27.9 Å². The van der Waals surface area contributed by atoms with E-state index in [1.165, 1.54) is 5.56 Å². The molecule has 2 aliphatic rings. The molecule has 7 nitrogen and oxygen atoms in total. The molecule has 0 N–H and O–H groups in total. The smallest absolute Gasteiger partial charge is 0.254 e. The van der Waals surface area contributed by atoms with E-state index in [1.54, 1.807) is 24.5 Å². The minimum atomic E-state index is -0.0945. The summed E-state index contributed by atoms with van der Waals surface area (Å²) in [6.45, 7) is 4.68. The highest BCUT2D eigenvalue weighted by Crippen LogP contribution is 2.34. The van der Waals surface area contributed by atoms with Crippen LogP contribution in [0.4, 0.5) is 5.82 Å². The van der Waals surface area contributed by atoms with Gasteiger partial charge in [-0.3, -0.25) is 14.8 Å². The second-order valence-electron chi connectivity index (χ2n) is 8.88. The van der Waals surface area contributed by atoms with Crippen LogP contribution in [0.25, 0.3) is 0 Å². The lowest BCUT2D eigenvalue weighted by Crippen LogP contribution is -2.40. The number of carbonyl (C=O) groups is 1. The zero-order valence-electron chi connectivity index (χ0n) is 19.2. The Kier molecular flexibility index (Phi) is 6.28. The first-order valence-corrected chi connectivity index (χ1v) is 11.9. The van der Waals surface area contributed by atoms with Crippen molar-refractivity contribution in [3.8, 4) is 0 Å². The number of hydrogen-bond acceptors (Lipinski definition) is 6. The van der Waals surface area contributed by atoms with E-state index in [9.17, 15) is 4.79 Å². The molecule has 5 rings (SSSR count). The summed E-state index contributed by atoms with van der Waals surface area (Å²) in [5, 5.41) is 0. The fourth-order valence-corrected chi connectivity index (χ4v) is 4.97. The quantitative estimate of drug-likeness (QED) is 0.596. The molecule has 0 spiro atoms. The first-order chi connectivity index (χ1) is 16.2. The fraction of sp³-hybridized carbons (Fsp3) is 0.423. The Morgan fingerprint density at radius 3 is 2.73 bits per heavy atom. The highest BCUT2D eigenvalue weighted by molar-refractivity contribution is 5.94. The number of fused-ring (bicyclic) bond motifs is 1.